The van der Waals surface area contributed by atoms with Gasteiger partial charge in [-0.1, -0.05) is 63.2 Å². The normalized spacial score (nSPS) is 16.2. The van der Waals surface area contributed by atoms with Gasteiger partial charge in [0.2, 0.25) is 0 Å². The van der Waals surface area contributed by atoms with Gasteiger partial charge in [0.15, 0.2) is 5.13 Å². The van der Waals surface area contributed by atoms with Crippen LogP contribution in [0.3, 0.4) is 0 Å². The molecule has 0 radical (unpaired) electrons. The predicted octanol–water partition coefficient (Wildman–Crippen LogP) is 6.38. The lowest BCUT2D eigenvalue weighted by atomic mass is 9.90. The molecule has 4 heteroatoms. The van der Waals surface area contributed by atoms with Crippen LogP contribution in [-0.4, -0.2) is 43.1 Å². The highest BCUT2D eigenvalue weighted by atomic mass is 32.1. The third kappa shape index (κ3) is 4.93. The monoisotopic (exact) mass is 419 g/mol. The van der Waals surface area contributed by atoms with Gasteiger partial charge in [0.25, 0.3) is 0 Å². The number of aromatic nitrogens is 1. The fraction of sp³-hybridized carbons (Fsp3) is 0.423. The van der Waals surface area contributed by atoms with Crippen molar-refractivity contribution >= 4 is 16.5 Å². The van der Waals surface area contributed by atoms with Gasteiger partial charge in [-0.05, 0) is 48.1 Å². The Morgan fingerprint density at radius 3 is 2.30 bits per heavy atom. The first kappa shape index (κ1) is 21.1. The molecule has 1 atom stereocenters. The Bertz CT molecular complexity index is 970. The van der Waals surface area contributed by atoms with Crippen molar-refractivity contribution in [2.45, 2.75) is 33.1 Å². The molecule has 3 aromatic rings. The van der Waals surface area contributed by atoms with Gasteiger partial charge < -0.3 is 9.80 Å². The summed E-state index contributed by atoms with van der Waals surface area (Å²) in [6.07, 6.45) is 1.22. The van der Waals surface area contributed by atoms with Crippen molar-refractivity contribution in [3.63, 3.8) is 0 Å². The Labute approximate surface area is 185 Å². The van der Waals surface area contributed by atoms with E-state index in [1.165, 1.54) is 28.7 Å². The topological polar surface area (TPSA) is 19.4 Å². The summed E-state index contributed by atoms with van der Waals surface area (Å²) in [7, 11) is 2.19. The Morgan fingerprint density at radius 1 is 0.900 bits per heavy atom. The smallest absolute Gasteiger partial charge is 0.185 e. The molecular formula is C26H33N3S. The Kier molecular flexibility index (Phi) is 6.55. The average molecular weight is 420 g/mol. The lowest BCUT2D eigenvalue weighted by Gasteiger charge is -2.32. The highest BCUT2D eigenvalue weighted by Crippen LogP contribution is 2.32. The maximum Gasteiger partial charge on any atom is 0.185 e. The van der Waals surface area contributed by atoms with Crippen LogP contribution in [0.2, 0.25) is 0 Å². The van der Waals surface area contributed by atoms with Crippen LogP contribution in [0.5, 0.6) is 0 Å². The van der Waals surface area contributed by atoms with Crippen LogP contribution in [-0.2, 0) is 0 Å². The summed E-state index contributed by atoms with van der Waals surface area (Å²) in [4.78, 5) is 9.76. The standard InChI is InChI=1S/C26H33N3S/c1-19(2)15-20(3)21-7-5-8-22(16-21)23-9-6-10-24(17-23)25-18-30-26(27-25)29-13-11-28(4)12-14-29/h5-10,16-20H,11-15H2,1-4H3. The number of piperazine rings is 1. The largest absolute Gasteiger partial charge is 0.346 e. The molecule has 30 heavy (non-hydrogen) atoms. The number of benzene rings is 2. The molecule has 0 N–H and O–H groups in total. The maximum absolute atomic E-state index is 4.97. The summed E-state index contributed by atoms with van der Waals surface area (Å²) in [5, 5.41) is 3.35. The molecule has 158 valence electrons. The van der Waals surface area contributed by atoms with E-state index in [-0.39, 0.29) is 0 Å². The summed E-state index contributed by atoms with van der Waals surface area (Å²) in [6, 6.07) is 17.9. The fourth-order valence-electron chi connectivity index (χ4n) is 4.27. The lowest BCUT2D eigenvalue weighted by molar-refractivity contribution is 0.313. The zero-order valence-electron chi connectivity index (χ0n) is 18.6. The van der Waals surface area contributed by atoms with E-state index < -0.39 is 0 Å². The molecule has 1 fully saturated rings. The lowest BCUT2D eigenvalue weighted by Crippen LogP contribution is -2.44. The number of hydrogen-bond acceptors (Lipinski definition) is 4. The molecule has 1 unspecified atom stereocenters. The summed E-state index contributed by atoms with van der Waals surface area (Å²) >= 11 is 1.76. The SMILES string of the molecule is CC(C)CC(C)c1cccc(-c2cccc(-c3csc(N4CCN(C)CC4)n3)c2)c1. The Morgan fingerprint density at radius 2 is 1.57 bits per heavy atom. The molecule has 1 saturated heterocycles. The third-order valence-corrected chi connectivity index (χ3v) is 6.94. The molecule has 1 aromatic heterocycles. The molecule has 0 bridgehead atoms. The zero-order valence-corrected chi connectivity index (χ0v) is 19.5. The molecular weight excluding hydrogens is 386 g/mol. The van der Waals surface area contributed by atoms with Crippen molar-refractivity contribution in [1.29, 1.82) is 0 Å². The van der Waals surface area contributed by atoms with Gasteiger partial charge in [0.1, 0.15) is 0 Å². The highest BCUT2D eigenvalue weighted by Gasteiger charge is 2.17. The van der Waals surface area contributed by atoms with Gasteiger partial charge in [0.05, 0.1) is 5.69 Å². The minimum absolute atomic E-state index is 0.581. The molecule has 0 saturated carbocycles. The van der Waals surface area contributed by atoms with E-state index >= 15 is 0 Å². The highest BCUT2D eigenvalue weighted by molar-refractivity contribution is 7.14. The molecule has 1 aliphatic rings. The summed E-state index contributed by atoms with van der Waals surface area (Å²) < 4.78 is 0. The minimum Gasteiger partial charge on any atom is -0.346 e. The first-order chi connectivity index (χ1) is 14.5. The molecule has 0 amide bonds. The van der Waals surface area contributed by atoms with Gasteiger partial charge in [-0.15, -0.1) is 11.3 Å². The fourth-order valence-corrected chi connectivity index (χ4v) is 5.15. The van der Waals surface area contributed by atoms with Crippen molar-refractivity contribution in [1.82, 2.24) is 9.88 Å². The van der Waals surface area contributed by atoms with Gasteiger partial charge in [-0.3, -0.25) is 0 Å². The van der Waals surface area contributed by atoms with Gasteiger partial charge >= 0.3 is 0 Å². The maximum atomic E-state index is 4.97. The summed E-state index contributed by atoms with van der Waals surface area (Å²) in [5.41, 5.74) is 6.27. The second-order valence-corrected chi connectivity index (χ2v) is 9.88. The van der Waals surface area contributed by atoms with Crippen LogP contribution in [0.15, 0.2) is 53.9 Å². The quantitative estimate of drug-likeness (QED) is 0.462. The third-order valence-electron chi connectivity index (χ3n) is 6.04. The first-order valence-corrected chi connectivity index (χ1v) is 12.0. The van der Waals surface area contributed by atoms with Crippen LogP contribution in [0.4, 0.5) is 5.13 Å². The van der Waals surface area contributed by atoms with E-state index in [1.54, 1.807) is 11.3 Å². The van der Waals surface area contributed by atoms with E-state index in [0.29, 0.717) is 11.8 Å². The Hall–Kier alpha value is -2.17. The summed E-state index contributed by atoms with van der Waals surface area (Å²) in [6.45, 7) is 11.3. The molecule has 4 rings (SSSR count). The second kappa shape index (κ2) is 9.32. The van der Waals surface area contributed by atoms with E-state index in [2.05, 4.69) is 91.5 Å². The first-order valence-electron chi connectivity index (χ1n) is 11.1. The van der Waals surface area contributed by atoms with Crippen LogP contribution in [0, 0.1) is 5.92 Å². The number of thiazole rings is 1. The molecule has 1 aliphatic heterocycles. The number of rotatable bonds is 6. The predicted molar refractivity (Wildman–Crippen MR) is 131 cm³/mol. The van der Waals surface area contributed by atoms with Crippen molar-refractivity contribution in [2.75, 3.05) is 38.1 Å². The number of nitrogens with zero attached hydrogens (tertiary/aromatic N) is 3. The Balaban J connectivity index is 1.55. The van der Waals surface area contributed by atoms with Crippen LogP contribution < -0.4 is 4.90 Å². The van der Waals surface area contributed by atoms with E-state index in [9.17, 15) is 0 Å². The van der Waals surface area contributed by atoms with E-state index in [0.717, 1.165) is 37.0 Å². The van der Waals surface area contributed by atoms with E-state index in [4.69, 9.17) is 4.98 Å². The van der Waals surface area contributed by atoms with Gasteiger partial charge in [0, 0.05) is 37.1 Å². The van der Waals surface area contributed by atoms with Crippen molar-refractivity contribution < 1.29 is 0 Å². The number of anilines is 1. The van der Waals surface area contributed by atoms with Crippen molar-refractivity contribution in [2.24, 2.45) is 5.92 Å². The van der Waals surface area contributed by atoms with Crippen LogP contribution in [0.1, 0.15) is 38.7 Å². The number of likely N-dealkylation sites (N-methyl/N-ethyl adjacent to an activating group) is 1. The van der Waals surface area contributed by atoms with Crippen LogP contribution >= 0.6 is 11.3 Å². The molecule has 2 heterocycles. The molecule has 0 spiro atoms. The van der Waals surface area contributed by atoms with Crippen molar-refractivity contribution in [3.8, 4) is 22.4 Å². The van der Waals surface area contributed by atoms with E-state index in [1.807, 2.05) is 0 Å². The second-order valence-electron chi connectivity index (χ2n) is 9.04. The average Bonchev–Trinajstić information content (AvgIpc) is 3.24. The zero-order chi connectivity index (χ0) is 21.1. The molecule has 2 aromatic carbocycles. The molecule has 0 aliphatic carbocycles. The van der Waals surface area contributed by atoms with Crippen molar-refractivity contribution in [3.05, 3.63) is 59.5 Å². The molecule has 3 nitrogen and oxygen atoms in total. The van der Waals surface area contributed by atoms with Crippen LogP contribution in [0.25, 0.3) is 22.4 Å². The summed E-state index contributed by atoms with van der Waals surface area (Å²) in [5.74, 6) is 1.30. The number of hydrogen-bond donors (Lipinski definition) is 0. The van der Waals surface area contributed by atoms with Gasteiger partial charge in [-0.2, -0.15) is 0 Å². The van der Waals surface area contributed by atoms with Gasteiger partial charge in [-0.25, -0.2) is 4.98 Å². The minimum atomic E-state index is 0.581.